The number of ether oxygens (including phenoxy) is 1. The predicted molar refractivity (Wildman–Crippen MR) is 123 cm³/mol. The van der Waals surface area contributed by atoms with Gasteiger partial charge >= 0.3 is 0 Å². The van der Waals surface area contributed by atoms with Crippen LogP contribution in [-0.2, 0) is 11.3 Å². The van der Waals surface area contributed by atoms with Crippen LogP contribution in [0, 0.1) is 5.92 Å². The molecule has 0 aromatic heterocycles. The Morgan fingerprint density at radius 3 is 2.77 bits per heavy atom. The van der Waals surface area contributed by atoms with Crippen molar-refractivity contribution in [3.8, 4) is 5.75 Å². The molecule has 1 fully saturated rings. The minimum Gasteiger partial charge on any atom is -0.492 e. The minimum absolute atomic E-state index is 0.223. The second kappa shape index (κ2) is 13.1. The van der Waals surface area contributed by atoms with E-state index in [0.29, 0.717) is 25.5 Å². The fourth-order valence-corrected chi connectivity index (χ4v) is 3.89. The Kier molecular flexibility index (Phi) is 10.5. The zero-order valence-electron chi connectivity index (χ0n) is 18.9. The number of carbonyl (C=O) groups is 1. The Morgan fingerprint density at radius 2 is 2.07 bits per heavy atom. The van der Waals surface area contributed by atoms with Gasteiger partial charge in [-0.25, -0.2) is 4.99 Å². The van der Waals surface area contributed by atoms with Gasteiger partial charge in [-0.05, 0) is 44.8 Å². The SMILES string of the molecule is CCNC(=NCc1ccccc1OCCN(CC)CC)N1CCCC(CC(N)=O)C1. The molecule has 0 bridgehead atoms. The molecule has 0 spiro atoms. The van der Waals surface area contributed by atoms with Crippen molar-refractivity contribution in [3.05, 3.63) is 29.8 Å². The summed E-state index contributed by atoms with van der Waals surface area (Å²) in [5.41, 5.74) is 6.49. The van der Waals surface area contributed by atoms with E-state index < -0.39 is 0 Å². The van der Waals surface area contributed by atoms with Gasteiger partial charge in [0.2, 0.25) is 5.91 Å². The van der Waals surface area contributed by atoms with Crippen molar-refractivity contribution in [2.24, 2.45) is 16.6 Å². The number of likely N-dealkylation sites (N-methyl/N-ethyl adjacent to an activating group) is 1. The molecule has 1 aliphatic heterocycles. The van der Waals surface area contributed by atoms with Gasteiger partial charge in [-0.1, -0.05) is 32.0 Å². The second-order valence-corrected chi connectivity index (χ2v) is 7.78. The van der Waals surface area contributed by atoms with Gasteiger partial charge in [0.15, 0.2) is 5.96 Å². The second-order valence-electron chi connectivity index (χ2n) is 7.78. The van der Waals surface area contributed by atoms with Gasteiger partial charge in [0.05, 0.1) is 6.54 Å². The molecule has 0 saturated carbocycles. The fraction of sp³-hybridized carbons (Fsp3) is 0.652. The maximum absolute atomic E-state index is 11.3. The maximum atomic E-state index is 11.3. The Labute approximate surface area is 181 Å². The highest BCUT2D eigenvalue weighted by Crippen LogP contribution is 2.21. The molecule has 1 unspecified atom stereocenters. The average molecular weight is 418 g/mol. The molecule has 1 atom stereocenters. The quantitative estimate of drug-likeness (QED) is 0.427. The summed E-state index contributed by atoms with van der Waals surface area (Å²) in [5, 5.41) is 3.40. The van der Waals surface area contributed by atoms with Crippen molar-refractivity contribution in [2.75, 3.05) is 45.9 Å². The Hall–Kier alpha value is -2.28. The van der Waals surface area contributed by atoms with Gasteiger partial charge in [-0.15, -0.1) is 0 Å². The number of nitrogens with one attached hydrogen (secondary N) is 1. The molecule has 0 aliphatic carbocycles. The predicted octanol–water partition coefficient (Wildman–Crippen LogP) is 2.46. The molecular formula is C23H39N5O2. The molecular weight excluding hydrogens is 378 g/mol. The summed E-state index contributed by atoms with van der Waals surface area (Å²) < 4.78 is 6.07. The molecule has 7 heteroatoms. The maximum Gasteiger partial charge on any atom is 0.217 e. The number of likely N-dealkylation sites (tertiary alicyclic amines) is 1. The number of aliphatic imine (C=N–C) groups is 1. The van der Waals surface area contributed by atoms with Crippen LogP contribution in [0.4, 0.5) is 0 Å². The Balaban J connectivity index is 2.02. The first kappa shape index (κ1) is 24.0. The summed E-state index contributed by atoms with van der Waals surface area (Å²) in [7, 11) is 0. The lowest BCUT2D eigenvalue weighted by Gasteiger charge is -2.34. The zero-order valence-corrected chi connectivity index (χ0v) is 18.9. The summed E-state index contributed by atoms with van der Waals surface area (Å²) in [5.74, 6) is 1.87. The highest BCUT2D eigenvalue weighted by atomic mass is 16.5. The molecule has 0 radical (unpaired) electrons. The zero-order chi connectivity index (χ0) is 21.8. The minimum atomic E-state index is -0.223. The van der Waals surface area contributed by atoms with E-state index >= 15 is 0 Å². The molecule has 1 aromatic carbocycles. The molecule has 30 heavy (non-hydrogen) atoms. The monoisotopic (exact) mass is 417 g/mol. The van der Waals surface area contributed by atoms with Crippen molar-refractivity contribution < 1.29 is 9.53 Å². The standard InChI is InChI=1S/C23H39N5O2/c1-4-25-23(28-13-9-10-19(18-28)16-22(24)29)26-17-20-11-7-8-12-21(20)30-15-14-27(5-2)6-3/h7-8,11-12,19H,4-6,9-10,13-18H2,1-3H3,(H2,24,29)(H,25,26). The van der Waals surface area contributed by atoms with Crippen molar-refractivity contribution in [1.82, 2.24) is 15.1 Å². The van der Waals surface area contributed by atoms with Gasteiger partial charge in [-0.2, -0.15) is 0 Å². The van der Waals surface area contributed by atoms with E-state index in [1.54, 1.807) is 0 Å². The topological polar surface area (TPSA) is 83.2 Å². The third kappa shape index (κ3) is 7.86. The largest absolute Gasteiger partial charge is 0.492 e. The van der Waals surface area contributed by atoms with Crippen molar-refractivity contribution >= 4 is 11.9 Å². The van der Waals surface area contributed by atoms with E-state index in [0.717, 1.165) is 69.4 Å². The Bertz CT molecular complexity index is 675. The number of guanidine groups is 1. The number of primary amides is 1. The molecule has 1 saturated heterocycles. The van der Waals surface area contributed by atoms with Gasteiger partial charge in [-0.3, -0.25) is 4.79 Å². The number of rotatable bonds is 11. The number of hydrogen-bond acceptors (Lipinski definition) is 4. The smallest absolute Gasteiger partial charge is 0.217 e. The molecule has 7 nitrogen and oxygen atoms in total. The number of carbonyl (C=O) groups excluding carboxylic acids is 1. The first-order chi connectivity index (χ1) is 14.6. The van der Waals surface area contributed by atoms with Crippen LogP contribution in [0.1, 0.15) is 45.6 Å². The molecule has 1 heterocycles. The molecule has 168 valence electrons. The molecule has 2 rings (SSSR count). The third-order valence-corrected chi connectivity index (χ3v) is 5.57. The number of hydrogen-bond donors (Lipinski definition) is 2. The van der Waals surface area contributed by atoms with E-state index in [-0.39, 0.29) is 5.91 Å². The van der Waals surface area contributed by atoms with Crippen LogP contribution in [-0.4, -0.2) is 67.5 Å². The highest BCUT2D eigenvalue weighted by Gasteiger charge is 2.23. The molecule has 3 N–H and O–H groups in total. The number of para-hydroxylation sites is 1. The van der Waals surface area contributed by atoms with E-state index in [1.165, 1.54) is 0 Å². The van der Waals surface area contributed by atoms with Crippen LogP contribution < -0.4 is 15.8 Å². The third-order valence-electron chi connectivity index (χ3n) is 5.57. The van der Waals surface area contributed by atoms with Crippen LogP contribution >= 0.6 is 0 Å². The van der Waals surface area contributed by atoms with E-state index in [1.807, 2.05) is 18.2 Å². The summed E-state index contributed by atoms with van der Waals surface area (Å²) in [6.07, 6.45) is 2.54. The lowest BCUT2D eigenvalue weighted by molar-refractivity contribution is -0.119. The van der Waals surface area contributed by atoms with Crippen molar-refractivity contribution in [1.29, 1.82) is 0 Å². The molecule has 1 aromatic rings. The summed E-state index contributed by atoms with van der Waals surface area (Å²) in [6.45, 7) is 13.2. The van der Waals surface area contributed by atoms with Gasteiger partial charge in [0.25, 0.3) is 0 Å². The van der Waals surface area contributed by atoms with Gasteiger partial charge in [0, 0.05) is 38.2 Å². The lowest BCUT2D eigenvalue weighted by Crippen LogP contribution is -2.47. The summed E-state index contributed by atoms with van der Waals surface area (Å²) in [6, 6.07) is 8.12. The lowest BCUT2D eigenvalue weighted by atomic mass is 9.95. The van der Waals surface area contributed by atoms with Crippen molar-refractivity contribution in [2.45, 2.75) is 46.6 Å². The number of nitrogens with two attached hydrogens (primary N) is 1. The number of amides is 1. The van der Waals surface area contributed by atoms with E-state index in [2.05, 4.69) is 42.0 Å². The van der Waals surface area contributed by atoms with Gasteiger partial charge < -0.3 is 25.6 Å². The van der Waals surface area contributed by atoms with E-state index in [9.17, 15) is 4.79 Å². The first-order valence-corrected chi connectivity index (χ1v) is 11.3. The molecule has 1 amide bonds. The number of nitrogens with zero attached hydrogens (tertiary/aromatic N) is 3. The highest BCUT2D eigenvalue weighted by molar-refractivity contribution is 5.80. The van der Waals surface area contributed by atoms with Crippen LogP contribution in [0.3, 0.4) is 0 Å². The first-order valence-electron chi connectivity index (χ1n) is 11.3. The van der Waals surface area contributed by atoms with Crippen LogP contribution in [0.2, 0.25) is 0 Å². The Morgan fingerprint density at radius 1 is 1.30 bits per heavy atom. The van der Waals surface area contributed by atoms with Crippen LogP contribution in [0.25, 0.3) is 0 Å². The van der Waals surface area contributed by atoms with Crippen molar-refractivity contribution in [3.63, 3.8) is 0 Å². The van der Waals surface area contributed by atoms with Gasteiger partial charge in [0.1, 0.15) is 12.4 Å². The number of piperidine rings is 1. The normalized spacial score (nSPS) is 17.3. The van der Waals surface area contributed by atoms with Crippen LogP contribution in [0.15, 0.2) is 29.3 Å². The summed E-state index contributed by atoms with van der Waals surface area (Å²) >= 11 is 0. The van der Waals surface area contributed by atoms with Crippen LogP contribution in [0.5, 0.6) is 5.75 Å². The average Bonchev–Trinajstić information content (AvgIpc) is 2.74. The molecule has 1 aliphatic rings. The van der Waals surface area contributed by atoms with E-state index in [4.69, 9.17) is 15.5 Å². The number of benzene rings is 1. The summed E-state index contributed by atoms with van der Waals surface area (Å²) in [4.78, 5) is 20.8. The fourth-order valence-electron chi connectivity index (χ4n) is 3.89.